The number of carbonyl (C=O) groups is 6. The van der Waals surface area contributed by atoms with Crippen LogP contribution in [0.1, 0.15) is 115 Å². The van der Waals surface area contributed by atoms with Gasteiger partial charge in [0.1, 0.15) is 11.7 Å². The first-order chi connectivity index (χ1) is 26.0. The van der Waals surface area contributed by atoms with E-state index >= 15 is 0 Å². The highest BCUT2D eigenvalue weighted by Gasteiger charge is 2.66. The number of nitrogens with one attached hydrogen (secondary N) is 2. The van der Waals surface area contributed by atoms with Gasteiger partial charge in [0.2, 0.25) is 17.6 Å². The lowest BCUT2D eigenvalue weighted by molar-refractivity contribution is -0.385. The Kier molecular flexibility index (Phi) is 13.0. The molecule has 0 aromatic heterocycles. The van der Waals surface area contributed by atoms with Gasteiger partial charge in [-0.2, -0.15) is 0 Å². The van der Waals surface area contributed by atoms with Crippen LogP contribution in [0.5, 0.6) is 0 Å². The van der Waals surface area contributed by atoms with Crippen LogP contribution in [0.25, 0.3) is 0 Å². The number of aliphatic carboxylic acids is 1. The Labute approximate surface area is 319 Å². The van der Waals surface area contributed by atoms with Crippen LogP contribution in [0, 0.1) is 38.7 Å². The van der Waals surface area contributed by atoms with Gasteiger partial charge in [-0.3, -0.25) is 34.1 Å². The van der Waals surface area contributed by atoms with E-state index in [2.05, 4.69) is 17.6 Å². The number of aliphatic hydroxyl groups excluding tert-OH is 1. The number of nitrogens with zero attached hydrogens (tertiary/aromatic N) is 1. The van der Waals surface area contributed by atoms with Gasteiger partial charge in [-0.25, -0.2) is 4.79 Å². The van der Waals surface area contributed by atoms with E-state index in [0.29, 0.717) is 50.4 Å². The third-order valence-corrected chi connectivity index (χ3v) is 13.2. The van der Waals surface area contributed by atoms with Crippen molar-refractivity contribution in [1.29, 1.82) is 0 Å². The topological polar surface area (TPSA) is 240 Å². The van der Waals surface area contributed by atoms with Gasteiger partial charge in [0.25, 0.3) is 5.69 Å². The fourth-order valence-corrected chi connectivity index (χ4v) is 10.0. The zero-order valence-electron chi connectivity index (χ0n) is 31.6. The molecule has 3 saturated carbocycles. The number of nitro groups is 1. The van der Waals surface area contributed by atoms with E-state index in [-0.39, 0.29) is 54.2 Å². The first kappa shape index (κ1) is 41.7. The monoisotopic (exact) mass is 767 g/mol. The molecule has 300 valence electrons. The molecule has 0 unspecified atom stereocenters. The molecule has 15 nitrogen and oxygen atoms in total. The maximum Gasteiger partial charge on any atom is 0.329 e. The minimum absolute atomic E-state index is 0.0223. The second-order valence-corrected chi connectivity index (χ2v) is 16.2. The van der Waals surface area contributed by atoms with Crippen molar-refractivity contribution in [3.8, 4) is 0 Å². The minimum Gasteiger partial charge on any atom is -0.480 e. The zero-order valence-corrected chi connectivity index (χ0v) is 31.6. The molecular formula is C40H53N3O12. The number of carbonyl (C=O) groups excluding carboxylic acids is 5. The summed E-state index contributed by atoms with van der Waals surface area (Å²) >= 11 is 0. The van der Waals surface area contributed by atoms with Crippen LogP contribution in [0.3, 0.4) is 0 Å². The predicted octanol–water partition coefficient (Wildman–Crippen LogP) is 4.03. The van der Waals surface area contributed by atoms with Gasteiger partial charge in [-0.1, -0.05) is 38.0 Å². The number of benzene rings is 1. The molecule has 4 aliphatic rings. The molecule has 5 rings (SSSR count). The number of unbranched alkanes of at least 4 members (excludes halogenated alkanes) is 2. The number of Topliss-reactive ketones (excluding diaryl/α,β-unsaturated/α-hetero) is 1. The molecular weight excluding hydrogens is 714 g/mol. The lowest BCUT2D eigenvalue weighted by atomic mass is 9.46. The van der Waals surface area contributed by atoms with Crippen LogP contribution in [-0.4, -0.2) is 80.4 Å². The van der Waals surface area contributed by atoms with Gasteiger partial charge < -0.3 is 30.7 Å². The number of nitro benzene ring substituents is 1. The number of aliphatic hydroxyl groups is 2. The molecule has 5 N–H and O–H groups in total. The summed E-state index contributed by atoms with van der Waals surface area (Å²) in [7, 11) is 0. The molecule has 0 saturated heterocycles. The molecule has 1 aromatic rings. The van der Waals surface area contributed by atoms with E-state index in [1.165, 1.54) is 23.8 Å². The van der Waals surface area contributed by atoms with Crippen molar-refractivity contribution in [2.75, 3.05) is 13.2 Å². The standard InChI is InChI=1S/C40H53N3O12/c1-38-17-14-27(44)22-25(38)10-11-28-29(38)15-18-39(2)30(28)16-19-40(39,52)31(45)23-55-34(48)13-12-32(46)41-20-5-3-4-9-33(47)42-35(37(50)51)36(49)24-7-6-8-26(21-24)43(53)54/h6-8,21-22,28-30,35-36,49,52H,3-5,9-20,23H2,1-2H3,(H,41,46)(H,42,47)(H,50,51)/t28-,29-,30+,35+,36+,38+,39+,40+/m1/s1. The Balaban J connectivity index is 0.974. The average Bonchev–Trinajstić information content (AvgIpc) is 3.44. The van der Waals surface area contributed by atoms with Crippen molar-refractivity contribution in [2.45, 2.75) is 121 Å². The molecule has 15 heteroatoms. The number of ketones is 2. The van der Waals surface area contributed by atoms with E-state index in [4.69, 9.17) is 4.74 Å². The Morgan fingerprint density at radius 2 is 1.71 bits per heavy atom. The zero-order chi connectivity index (χ0) is 40.1. The van der Waals surface area contributed by atoms with Crippen LogP contribution in [0.2, 0.25) is 0 Å². The van der Waals surface area contributed by atoms with E-state index < -0.39 is 64.2 Å². The lowest BCUT2D eigenvalue weighted by Crippen LogP contribution is -2.58. The summed E-state index contributed by atoms with van der Waals surface area (Å²) in [6.07, 6.45) is 6.83. The quantitative estimate of drug-likeness (QED) is 0.0654. The Bertz CT molecular complexity index is 1730. The number of amides is 2. The predicted molar refractivity (Wildman–Crippen MR) is 196 cm³/mol. The maximum absolute atomic E-state index is 13.5. The second kappa shape index (κ2) is 17.1. The van der Waals surface area contributed by atoms with Crippen LogP contribution in [0.4, 0.5) is 5.69 Å². The third kappa shape index (κ3) is 8.82. The van der Waals surface area contributed by atoms with E-state index in [9.17, 15) is 54.2 Å². The fourth-order valence-electron chi connectivity index (χ4n) is 10.0. The van der Waals surface area contributed by atoms with Gasteiger partial charge >= 0.3 is 11.9 Å². The molecule has 0 radical (unpaired) electrons. The van der Waals surface area contributed by atoms with E-state index in [1.807, 2.05) is 13.0 Å². The summed E-state index contributed by atoms with van der Waals surface area (Å²) in [6.45, 7) is 3.99. The van der Waals surface area contributed by atoms with Gasteiger partial charge in [-0.15, -0.1) is 0 Å². The van der Waals surface area contributed by atoms with E-state index in [1.54, 1.807) is 0 Å². The van der Waals surface area contributed by atoms with Crippen LogP contribution >= 0.6 is 0 Å². The number of fused-ring (bicyclic) bond motifs is 5. The van der Waals surface area contributed by atoms with E-state index in [0.717, 1.165) is 38.2 Å². The summed E-state index contributed by atoms with van der Waals surface area (Å²) in [6, 6.07) is 3.14. The number of esters is 1. The molecule has 0 spiro atoms. The molecule has 1 aromatic carbocycles. The number of hydrogen-bond donors (Lipinski definition) is 5. The Hall–Kier alpha value is -4.50. The molecule has 0 bridgehead atoms. The molecule has 8 atom stereocenters. The van der Waals surface area contributed by atoms with Gasteiger partial charge in [0.05, 0.1) is 11.3 Å². The number of carboxylic acids is 1. The Morgan fingerprint density at radius 1 is 0.964 bits per heavy atom. The normalized spacial score (nSPS) is 29.3. The number of ether oxygens (including phenoxy) is 1. The number of hydrogen-bond acceptors (Lipinski definition) is 11. The second-order valence-electron chi connectivity index (χ2n) is 16.2. The van der Waals surface area contributed by atoms with Crippen molar-refractivity contribution in [3.63, 3.8) is 0 Å². The highest BCUT2D eigenvalue weighted by molar-refractivity contribution is 5.92. The highest BCUT2D eigenvalue weighted by Crippen LogP contribution is 2.67. The van der Waals surface area contributed by atoms with Gasteiger partial charge in [0, 0.05) is 43.4 Å². The number of allylic oxidation sites excluding steroid dienone is 1. The molecule has 0 aliphatic heterocycles. The van der Waals surface area contributed by atoms with Crippen molar-refractivity contribution in [2.24, 2.45) is 28.6 Å². The van der Waals surface area contributed by atoms with Crippen LogP contribution in [0.15, 0.2) is 35.9 Å². The lowest BCUT2D eigenvalue weighted by Gasteiger charge is -2.58. The first-order valence-electron chi connectivity index (χ1n) is 19.4. The minimum atomic E-state index is -1.72. The molecule has 4 aliphatic carbocycles. The molecule has 0 heterocycles. The van der Waals surface area contributed by atoms with Crippen LogP contribution < -0.4 is 10.6 Å². The smallest absolute Gasteiger partial charge is 0.329 e. The fraction of sp³-hybridized carbons (Fsp3) is 0.650. The van der Waals surface area contributed by atoms with Gasteiger partial charge in [0.15, 0.2) is 18.4 Å². The van der Waals surface area contributed by atoms with Crippen molar-refractivity contribution in [3.05, 3.63) is 51.6 Å². The molecule has 3 fully saturated rings. The maximum atomic E-state index is 13.5. The number of non-ortho nitro benzene ring substituents is 1. The third-order valence-electron chi connectivity index (χ3n) is 13.2. The average molecular weight is 768 g/mol. The summed E-state index contributed by atoms with van der Waals surface area (Å²) < 4.78 is 5.25. The number of rotatable bonds is 17. The van der Waals surface area contributed by atoms with Crippen molar-refractivity contribution in [1.82, 2.24) is 10.6 Å². The summed E-state index contributed by atoms with van der Waals surface area (Å²) in [5.74, 6) is -2.65. The Morgan fingerprint density at radius 3 is 2.44 bits per heavy atom. The van der Waals surface area contributed by atoms with Gasteiger partial charge in [-0.05, 0) is 92.6 Å². The van der Waals surface area contributed by atoms with Crippen molar-refractivity contribution < 1.29 is 53.7 Å². The summed E-state index contributed by atoms with van der Waals surface area (Å²) in [5.41, 5.74) is -1.37. The summed E-state index contributed by atoms with van der Waals surface area (Å²) in [5, 5.41) is 47.8. The first-order valence-corrected chi connectivity index (χ1v) is 19.4. The van der Waals surface area contributed by atoms with Crippen molar-refractivity contribution >= 4 is 41.0 Å². The largest absolute Gasteiger partial charge is 0.480 e. The van der Waals surface area contributed by atoms with Crippen LogP contribution in [-0.2, 0) is 33.5 Å². The highest BCUT2D eigenvalue weighted by atomic mass is 16.6. The molecule has 2 amide bonds. The summed E-state index contributed by atoms with van der Waals surface area (Å²) in [4.78, 5) is 84.9. The molecule has 55 heavy (non-hydrogen) atoms. The number of carboxylic acid groups (broad SMARTS) is 1. The SMILES string of the molecule is C[C@]12CCC(=O)C=C1CC[C@@H]1[C@H]2CC[C@@]2(C)[C@H]1CC[C@]2(O)C(=O)COC(=O)CCC(=O)NCCCCCC(=O)N[C@H](C(=O)O)[C@@H](O)c1cccc([N+](=O)[O-])c1.